The number of carbonyl (C=O) groups is 2. The molecule has 0 aromatic heterocycles. The van der Waals surface area contributed by atoms with Gasteiger partial charge in [-0.05, 0) is 35.9 Å². The highest BCUT2D eigenvalue weighted by molar-refractivity contribution is 8.27. The Bertz CT molecular complexity index is 1070. The number of carboxylic acids is 1. The maximum Gasteiger partial charge on any atom is 0.341 e. The highest BCUT2D eigenvalue weighted by Gasteiger charge is 2.35. The fraction of sp³-hybridized carbons (Fsp3) is 0.190. The van der Waals surface area contributed by atoms with E-state index in [1.807, 2.05) is 0 Å². The minimum Gasteiger partial charge on any atom is -0.497 e. The average Bonchev–Trinajstić information content (AvgIpc) is 3.04. The second-order valence-electron chi connectivity index (χ2n) is 6.15. The molecule has 0 saturated carbocycles. The van der Waals surface area contributed by atoms with Gasteiger partial charge in [0.1, 0.15) is 11.5 Å². The van der Waals surface area contributed by atoms with E-state index in [1.165, 1.54) is 19.1 Å². The molecule has 0 unspecified atom stereocenters. The molecule has 1 fully saturated rings. The molecule has 10 heteroatoms. The Morgan fingerprint density at radius 1 is 1.06 bits per heavy atom. The summed E-state index contributed by atoms with van der Waals surface area (Å²) in [5.41, 5.74) is 1.19. The van der Waals surface area contributed by atoms with Crippen LogP contribution in [-0.2, 0) is 9.59 Å². The number of methoxy groups -OCH3 is 3. The Hall–Kier alpha value is -3.24. The van der Waals surface area contributed by atoms with Gasteiger partial charge in [-0.2, -0.15) is 0 Å². The first-order valence-corrected chi connectivity index (χ1v) is 10.1. The summed E-state index contributed by atoms with van der Waals surface area (Å²) in [6.07, 6.45) is 1.68. The van der Waals surface area contributed by atoms with Crippen molar-refractivity contribution in [2.75, 3.05) is 32.8 Å². The van der Waals surface area contributed by atoms with Crippen molar-refractivity contribution in [2.45, 2.75) is 0 Å². The zero-order chi connectivity index (χ0) is 22.5. The zero-order valence-electron chi connectivity index (χ0n) is 16.9. The lowest BCUT2D eigenvalue weighted by molar-refractivity contribution is -0.139. The van der Waals surface area contributed by atoms with Crippen LogP contribution < -0.4 is 23.8 Å². The van der Waals surface area contributed by atoms with Crippen LogP contribution in [0, 0.1) is 0 Å². The number of anilines is 1. The molecule has 1 heterocycles. The molecule has 2 aromatic rings. The van der Waals surface area contributed by atoms with Gasteiger partial charge >= 0.3 is 5.97 Å². The van der Waals surface area contributed by atoms with Gasteiger partial charge < -0.3 is 24.1 Å². The van der Waals surface area contributed by atoms with Gasteiger partial charge in [0.05, 0.1) is 31.9 Å². The fourth-order valence-electron chi connectivity index (χ4n) is 2.83. The van der Waals surface area contributed by atoms with Crippen molar-refractivity contribution < 1.29 is 33.6 Å². The van der Waals surface area contributed by atoms with Crippen molar-refractivity contribution in [2.24, 2.45) is 0 Å². The Labute approximate surface area is 188 Å². The molecule has 0 spiro atoms. The van der Waals surface area contributed by atoms with Crippen LogP contribution in [0.25, 0.3) is 6.08 Å². The number of aliphatic carboxylic acids is 1. The van der Waals surface area contributed by atoms with Crippen LogP contribution in [0.2, 0.25) is 0 Å². The third kappa shape index (κ3) is 4.92. The molecular weight excluding hydrogens is 442 g/mol. The van der Waals surface area contributed by atoms with Crippen LogP contribution in [-0.4, -0.2) is 49.2 Å². The van der Waals surface area contributed by atoms with E-state index in [0.717, 1.165) is 11.8 Å². The van der Waals surface area contributed by atoms with Gasteiger partial charge in [0.2, 0.25) is 0 Å². The van der Waals surface area contributed by atoms with E-state index in [0.29, 0.717) is 37.7 Å². The summed E-state index contributed by atoms with van der Waals surface area (Å²) in [5, 5.41) is 8.77. The van der Waals surface area contributed by atoms with Crippen molar-refractivity contribution in [3.8, 4) is 23.0 Å². The second kappa shape index (κ2) is 9.71. The molecule has 1 N–H and O–H groups in total. The molecule has 1 aliphatic heterocycles. The molecule has 0 atom stereocenters. The summed E-state index contributed by atoms with van der Waals surface area (Å²) < 4.78 is 21.4. The molecule has 31 heavy (non-hydrogen) atoms. The van der Waals surface area contributed by atoms with E-state index in [1.54, 1.807) is 49.6 Å². The number of carbonyl (C=O) groups excluding carboxylic acids is 1. The monoisotopic (exact) mass is 461 g/mol. The molecule has 1 amide bonds. The van der Waals surface area contributed by atoms with Gasteiger partial charge in [0, 0.05) is 6.07 Å². The molecular formula is C21H19NO7S2. The maximum absolute atomic E-state index is 13.1. The van der Waals surface area contributed by atoms with Gasteiger partial charge in [-0.1, -0.05) is 30.0 Å². The minimum atomic E-state index is -1.09. The van der Waals surface area contributed by atoms with Crippen molar-refractivity contribution >= 4 is 51.9 Å². The fourth-order valence-corrected chi connectivity index (χ4v) is 4.11. The van der Waals surface area contributed by atoms with E-state index in [4.69, 9.17) is 36.3 Å². The normalized spacial score (nSPS) is 14.7. The Balaban J connectivity index is 1.89. The second-order valence-corrected chi connectivity index (χ2v) is 7.82. The number of rotatable bonds is 8. The molecule has 2 aromatic carbocycles. The van der Waals surface area contributed by atoms with Crippen LogP contribution in [0.15, 0.2) is 41.3 Å². The first kappa shape index (κ1) is 22.4. The highest BCUT2D eigenvalue weighted by Crippen LogP contribution is 2.41. The molecule has 8 nitrogen and oxygen atoms in total. The van der Waals surface area contributed by atoms with Crippen LogP contribution in [0.4, 0.5) is 5.69 Å². The van der Waals surface area contributed by atoms with Crippen molar-refractivity contribution in [1.29, 1.82) is 0 Å². The first-order valence-electron chi connectivity index (χ1n) is 8.90. The Morgan fingerprint density at radius 3 is 2.45 bits per heavy atom. The summed E-state index contributed by atoms with van der Waals surface area (Å²) in [6.45, 7) is -0.488. The maximum atomic E-state index is 13.1. The van der Waals surface area contributed by atoms with E-state index in [-0.39, 0.29) is 11.7 Å². The molecule has 1 aliphatic rings. The zero-order valence-corrected chi connectivity index (χ0v) is 18.5. The van der Waals surface area contributed by atoms with Crippen molar-refractivity contribution in [3.63, 3.8) is 0 Å². The number of thiocarbonyl (C=S) groups is 1. The van der Waals surface area contributed by atoms with Crippen LogP contribution in [0.1, 0.15) is 5.56 Å². The quantitative estimate of drug-likeness (QED) is 0.467. The molecule has 3 rings (SSSR count). The number of ether oxygens (including phenoxy) is 4. The lowest BCUT2D eigenvalue weighted by Gasteiger charge is -2.18. The predicted octanol–water partition coefficient (Wildman–Crippen LogP) is 3.58. The minimum absolute atomic E-state index is 0.288. The Kier molecular flexibility index (Phi) is 7.03. The van der Waals surface area contributed by atoms with E-state index < -0.39 is 12.6 Å². The lowest BCUT2D eigenvalue weighted by atomic mass is 10.1. The van der Waals surface area contributed by atoms with Crippen LogP contribution in [0.3, 0.4) is 0 Å². The van der Waals surface area contributed by atoms with Gasteiger partial charge in [-0.15, -0.1) is 0 Å². The largest absolute Gasteiger partial charge is 0.497 e. The summed E-state index contributed by atoms with van der Waals surface area (Å²) in [4.78, 5) is 25.6. The van der Waals surface area contributed by atoms with Crippen LogP contribution in [0.5, 0.6) is 23.0 Å². The number of hydrogen-bond donors (Lipinski definition) is 1. The highest BCUT2D eigenvalue weighted by atomic mass is 32.2. The number of hydrogen-bond acceptors (Lipinski definition) is 8. The number of thioether (sulfide) groups is 1. The number of nitrogens with zero attached hydrogens (tertiary/aromatic N) is 1. The average molecular weight is 462 g/mol. The van der Waals surface area contributed by atoms with Gasteiger partial charge in [-0.25, -0.2) is 4.79 Å². The molecule has 0 bridgehead atoms. The SMILES string of the molecule is COc1ccc(N2C(=O)/C(=C\c3ccc(OCC(=O)O)c(OC)c3)SC2=S)c(OC)c1. The standard InChI is InChI=1S/C21H19NO7S2/c1-26-13-5-6-14(16(10-13)27-2)22-20(25)18(31-21(22)30)9-12-4-7-15(17(8-12)28-3)29-11-19(23)24/h4-10H,11H2,1-3H3,(H,23,24)/b18-9+. The lowest BCUT2D eigenvalue weighted by Crippen LogP contribution is -2.27. The first-order chi connectivity index (χ1) is 14.9. The smallest absolute Gasteiger partial charge is 0.341 e. The van der Waals surface area contributed by atoms with Gasteiger partial charge in [0.25, 0.3) is 5.91 Å². The summed E-state index contributed by atoms with van der Waals surface area (Å²) in [7, 11) is 4.50. The molecule has 162 valence electrons. The molecule has 0 radical (unpaired) electrons. The van der Waals surface area contributed by atoms with Crippen LogP contribution >= 0.6 is 24.0 Å². The third-order valence-corrected chi connectivity index (χ3v) is 5.56. The van der Waals surface area contributed by atoms with E-state index in [2.05, 4.69) is 0 Å². The van der Waals surface area contributed by atoms with Gasteiger partial charge in [-0.3, -0.25) is 9.69 Å². The Morgan fingerprint density at radius 2 is 1.81 bits per heavy atom. The number of amides is 1. The van der Waals surface area contributed by atoms with Crippen molar-refractivity contribution in [1.82, 2.24) is 0 Å². The van der Waals surface area contributed by atoms with E-state index >= 15 is 0 Å². The van der Waals surface area contributed by atoms with E-state index in [9.17, 15) is 9.59 Å². The molecule has 0 aliphatic carbocycles. The number of carboxylic acid groups (broad SMARTS) is 1. The summed E-state index contributed by atoms with van der Waals surface area (Å²) in [5.74, 6) is 0.310. The summed E-state index contributed by atoms with van der Waals surface area (Å²) in [6, 6.07) is 10.0. The van der Waals surface area contributed by atoms with Crippen molar-refractivity contribution in [3.05, 3.63) is 46.9 Å². The molecule has 1 saturated heterocycles. The predicted molar refractivity (Wildman–Crippen MR) is 121 cm³/mol. The topological polar surface area (TPSA) is 94.5 Å². The van der Waals surface area contributed by atoms with Gasteiger partial charge in [0.15, 0.2) is 22.4 Å². The summed E-state index contributed by atoms with van der Waals surface area (Å²) >= 11 is 6.59. The third-order valence-electron chi connectivity index (χ3n) is 4.26. The number of benzene rings is 2.